The number of carbonyl (C=O) groups excluding carboxylic acids is 4. The Morgan fingerprint density at radius 3 is 1.76 bits per heavy atom. The van der Waals surface area contributed by atoms with Gasteiger partial charge < -0.3 is 24.1 Å². The molecule has 0 amide bonds. The van der Waals surface area contributed by atoms with Crippen LogP contribution in [0.4, 0.5) is 0 Å². The minimum atomic E-state index is -0.884. The summed E-state index contributed by atoms with van der Waals surface area (Å²) < 4.78 is 19.4. The molecule has 6 atom stereocenters. The third-order valence-corrected chi connectivity index (χ3v) is 6.33. The van der Waals surface area contributed by atoms with Gasteiger partial charge in [0, 0.05) is 26.2 Å². The van der Waals surface area contributed by atoms with Gasteiger partial charge in [-0.05, 0) is 79.7 Å². The highest BCUT2D eigenvalue weighted by Gasteiger charge is 2.25. The summed E-state index contributed by atoms with van der Waals surface area (Å²) in [5.41, 5.74) is 1.53. The van der Waals surface area contributed by atoms with E-state index >= 15 is 0 Å². The Morgan fingerprint density at radius 2 is 1.37 bits per heavy atom. The van der Waals surface area contributed by atoms with Gasteiger partial charge in [-0.3, -0.25) is 19.2 Å². The van der Waals surface area contributed by atoms with Gasteiger partial charge in [-0.15, -0.1) is 0 Å². The van der Waals surface area contributed by atoms with Crippen molar-refractivity contribution in [1.82, 2.24) is 0 Å². The zero-order valence-corrected chi connectivity index (χ0v) is 28.1. The maximum Gasteiger partial charge on any atom is 0.316 e. The number of carbonyl (C=O) groups is 4. The van der Waals surface area contributed by atoms with E-state index in [-0.39, 0.29) is 28.6 Å². The summed E-state index contributed by atoms with van der Waals surface area (Å²) >= 11 is 7.35. The first-order valence-electron chi connectivity index (χ1n) is 14.1. The summed E-state index contributed by atoms with van der Waals surface area (Å²) in [6.07, 6.45) is 3.94. The first-order chi connectivity index (χ1) is 19.2. The molecule has 0 radical (unpaired) electrons. The molecule has 1 aromatic carbocycles. The van der Waals surface area contributed by atoms with Crippen LogP contribution in [-0.4, -0.2) is 51.1 Å². The number of aliphatic hydroxyl groups excluding tert-OH is 1. The first-order valence-corrected chi connectivity index (χ1v) is 15.8. The van der Waals surface area contributed by atoms with Crippen LogP contribution in [0.2, 0.25) is 0 Å². The lowest BCUT2D eigenvalue weighted by Gasteiger charge is -2.18. The van der Waals surface area contributed by atoms with E-state index in [1.807, 2.05) is 53.8 Å². The number of halogens is 2. The van der Waals surface area contributed by atoms with E-state index in [9.17, 15) is 24.3 Å². The van der Waals surface area contributed by atoms with E-state index in [0.717, 1.165) is 31.2 Å². The van der Waals surface area contributed by atoms with Gasteiger partial charge in [-0.2, -0.15) is 0 Å². The van der Waals surface area contributed by atoms with Gasteiger partial charge in [0.2, 0.25) is 6.29 Å². The van der Waals surface area contributed by atoms with Gasteiger partial charge in [0.05, 0.1) is 12.0 Å². The molecule has 0 aromatic heterocycles. The Balaban J connectivity index is 0.000000820. The Kier molecular flexibility index (Phi) is 20.7. The number of benzene rings is 1. The summed E-state index contributed by atoms with van der Waals surface area (Å²) in [7, 11) is 0. The molecule has 1 saturated carbocycles. The monoisotopic (exact) mass is 712 g/mol. The highest BCUT2D eigenvalue weighted by Crippen LogP contribution is 2.29. The van der Waals surface area contributed by atoms with Crippen LogP contribution < -0.4 is 0 Å². The maximum atomic E-state index is 12.2. The summed E-state index contributed by atoms with van der Waals surface area (Å²) in [5, 5.41) is 9.93. The van der Waals surface area contributed by atoms with Crippen molar-refractivity contribution < 1.29 is 43.2 Å². The van der Waals surface area contributed by atoms with Crippen LogP contribution in [0.15, 0.2) is 24.3 Å². The molecule has 0 bridgehead atoms. The Labute approximate surface area is 263 Å². The van der Waals surface area contributed by atoms with Crippen molar-refractivity contribution in [3.63, 3.8) is 0 Å². The molecule has 3 unspecified atom stereocenters. The maximum absolute atomic E-state index is 12.2. The fraction of sp³-hybridized carbons (Fsp3) is 0.667. The molecule has 2 rings (SSSR count). The van der Waals surface area contributed by atoms with E-state index in [1.54, 1.807) is 34.6 Å². The fourth-order valence-electron chi connectivity index (χ4n) is 3.72. The van der Waals surface area contributed by atoms with Crippen LogP contribution in [0.3, 0.4) is 0 Å². The summed E-state index contributed by atoms with van der Waals surface area (Å²) in [4.78, 5) is 44.1. The van der Waals surface area contributed by atoms with Crippen molar-refractivity contribution in [2.45, 2.75) is 121 Å². The van der Waals surface area contributed by atoms with Crippen molar-refractivity contribution in [2.24, 2.45) is 5.92 Å². The minimum absolute atomic E-state index is 0.0000463. The molecule has 1 aromatic rings. The normalized spacial score (nSPS) is 18.6. The molecule has 0 saturated heterocycles. The zero-order valence-electron chi connectivity index (χ0n) is 25.2. The largest absolute Gasteiger partial charge is 0.452 e. The predicted octanol–water partition coefficient (Wildman–Crippen LogP) is 6.58. The molecule has 1 aliphatic carbocycles. The predicted molar refractivity (Wildman–Crippen MR) is 165 cm³/mol. The lowest BCUT2D eigenvalue weighted by Crippen LogP contribution is -2.24. The highest BCUT2D eigenvalue weighted by molar-refractivity contribution is 14.1. The fourth-order valence-corrected chi connectivity index (χ4v) is 4.11. The topological polar surface area (TPSA) is 125 Å². The lowest BCUT2D eigenvalue weighted by atomic mass is 9.93. The smallest absolute Gasteiger partial charge is 0.316 e. The molecular formula is C30H46ClIO9. The summed E-state index contributed by atoms with van der Waals surface area (Å²) in [6.45, 7) is 11.9. The first kappa shape index (κ1) is 39.1. The van der Waals surface area contributed by atoms with E-state index in [1.165, 1.54) is 12.5 Å². The lowest BCUT2D eigenvalue weighted by molar-refractivity contribution is -0.185. The quantitative estimate of drug-likeness (QED) is 0.0891. The van der Waals surface area contributed by atoms with Crippen molar-refractivity contribution in [1.29, 1.82) is 0 Å². The molecule has 0 heterocycles. The van der Waals surface area contributed by atoms with Gasteiger partial charge in [-0.25, -0.2) is 0 Å². The van der Waals surface area contributed by atoms with E-state index in [2.05, 4.69) is 4.74 Å². The van der Waals surface area contributed by atoms with Crippen molar-refractivity contribution in [3.05, 3.63) is 35.4 Å². The SMILES string of the molecule is CCC(=O)OC(C)Cl.CCC(=O)OC(C)I.CCC(=O)OC(C)OC(=O)[C@@H](C)c1ccc(C[C@H]2CCC[C@@H]2O)cc1. The molecule has 0 spiro atoms. The van der Waals surface area contributed by atoms with E-state index in [4.69, 9.17) is 25.8 Å². The number of hydrogen-bond donors (Lipinski definition) is 1. The molecular weight excluding hydrogens is 667 g/mol. The highest BCUT2D eigenvalue weighted by atomic mass is 127. The molecule has 11 heteroatoms. The second kappa shape index (κ2) is 21.7. The number of ether oxygens (including phenoxy) is 4. The summed E-state index contributed by atoms with van der Waals surface area (Å²) in [6, 6.07) is 7.85. The number of hydrogen-bond acceptors (Lipinski definition) is 9. The third kappa shape index (κ3) is 18.3. The molecule has 9 nitrogen and oxygen atoms in total. The average Bonchev–Trinajstić information content (AvgIpc) is 3.32. The van der Waals surface area contributed by atoms with Crippen molar-refractivity contribution in [3.8, 4) is 0 Å². The molecule has 1 N–H and O–H groups in total. The van der Waals surface area contributed by atoms with E-state index in [0.29, 0.717) is 18.8 Å². The number of alkyl halides is 2. The van der Waals surface area contributed by atoms with Crippen LogP contribution in [0, 0.1) is 5.92 Å². The van der Waals surface area contributed by atoms with Crippen molar-refractivity contribution >= 4 is 58.1 Å². The van der Waals surface area contributed by atoms with Gasteiger partial charge >= 0.3 is 23.9 Å². The second-order valence-corrected chi connectivity index (χ2v) is 11.9. The molecule has 1 aliphatic rings. The Hall–Kier alpha value is -1.92. The molecule has 234 valence electrons. The van der Waals surface area contributed by atoms with Crippen LogP contribution in [-0.2, 0) is 44.5 Å². The Bertz CT molecular complexity index is 899. The molecule has 41 heavy (non-hydrogen) atoms. The van der Waals surface area contributed by atoms with Crippen LogP contribution in [0.5, 0.6) is 0 Å². The van der Waals surface area contributed by atoms with Gasteiger partial charge in [0.25, 0.3) is 0 Å². The third-order valence-electron chi connectivity index (χ3n) is 5.98. The average molecular weight is 713 g/mol. The molecule has 1 fully saturated rings. The van der Waals surface area contributed by atoms with Crippen molar-refractivity contribution in [2.75, 3.05) is 0 Å². The van der Waals surface area contributed by atoms with Crippen LogP contribution >= 0.6 is 34.2 Å². The summed E-state index contributed by atoms with van der Waals surface area (Å²) in [5.74, 6) is -1.31. The standard InChI is InChI=1S/C20H28O5.C5H9ClO2.C5H9IO2/c1-4-19(22)24-14(3)25-20(23)13(2)16-10-8-15(9-11-16)12-17-6-5-7-18(17)21;2*1-3-5(7)8-4(2)6/h8-11,13-14,17-18,21H,4-7,12H2,1-3H3;2*4H,3H2,1-2H3/t13-,14?,17+,18-;;/m0../s1. The van der Waals surface area contributed by atoms with Crippen LogP contribution in [0.25, 0.3) is 0 Å². The molecule has 0 aliphatic heterocycles. The zero-order chi connectivity index (χ0) is 31.5. The Morgan fingerprint density at radius 1 is 0.854 bits per heavy atom. The number of esters is 4. The number of rotatable bonds is 11. The number of aliphatic hydroxyl groups is 1. The minimum Gasteiger partial charge on any atom is -0.452 e. The van der Waals surface area contributed by atoms with Gasteiger partial charge in [-0.1, -0.05) is 63.1 Å². The second-order valence-electron chi connectivity index (χ2n) is 9.55. The van der Waals surface area contributed by atoms with Gasteiger partial charge in [0.15, 0.2) is 5.56 Å². The van der Waals surface area contributed by atoms with Gasteiger partial charge in [0.1, 0.15) is 4.11 Å². The van der Waals surface area contributed by atoms with Crippen LogP contribution in [0.1, 0.15) is 104 Å². The van der Waals surface area contributed by atoms with E-state index < -0.39 is 29.7 Å².